The van der Waals surface area contributed by atoms with Crippen molar-refractivity contribution in [2.24, 2.45) is 5.10 Å². The van der Waals surface area contributed by atoms with Gasteiger partial charge in [0.25, 0.3) is 5.24 Å². The fourth-order valence-corrected chi connectivity index (χ4v) is 6.89. The molecule has 2 unspecified atom stereocenters. The molecule has 8 nitrogen and oxygen atoms in total. The van der Waals surface area contributed by atoms with Crippen molar-refractivity contribution in [2.45, 2.75) is 18.3 Å². The zero-order valence-corrected chi connectivity index (χ0v) is 24.6. The van der Waals surface area contributed by atoms with Gasteiger partial charge in [-0.05, 0) is 65.9 Å². The Morgan fingerprint density at radius 1 is 0.932 bits per heavy atom. The van der Waals surface area contributed by atoms with Gasteiger partial charge in [-0.3, -0.25) is 10.1 Å². The van der Waals surface area contributed by atoms with Gasteiger partial charge in [0.05, 0.1) is 35.1 Å². The van der Waals surface area contributed by atoms with Crippen molar-refractivity contribution in [3.05, 3.63) is 137 Å². The van der Waals surface area contributed by atoms with E-state index in [0.29, 0.717) is 11.3 Å². The lowest BCUT2D eigenvalue weighted by atomic mass is 9.95. The molecule has 3 aliphatic heterocycles. The second kappa shape index (κ2) is 10.5. The molecule has 0 bridgehead atoms. The predicted octanol–water partition coefficient (Wildman–Crippen LogP) is 7.24. The van der Waals surface area contributed by atoms with Crippen LogP contribution in [0.3, 0.4) is 0 Å². The Bertz CT molecular complexity index is 1940. The fourth-order valence-electron chi connectivity index (χ4n) is 5.99. The number of carbonyl (C=O) groups is 1. The Hall–Kier alpha value is -5.28. The lowest BCUT2D eigenvalue weighted by Crippen LogP contribution is -2.61. The first kappa shape index (κ1) is 26.4. The van der Waals surface area contributed by atoms with Crippen LogP contribution in [-0.2, 0) is 0 Å². The van der Waals surface area contributed by atoms with Crippen LogP contribution in [0.25, 0.3) is 23.0 Å². The highest BCUT2D eigenvalue weighted by molar-refractivity contribution is 8.17. The summed E-state index contributed by atoms with van der Waals surface area (Å²) in [6.45, 7) is 0. The molecule has 1 amide bonds. The number of fused-ring (bicyclic) bond motifs is 4. The molecule has 9 heteroatoms. The number of ether oxygens (including phenoxy) is 2. The molecular formula is C35H27N5O3S. The average Bonchev–Trinajstić information content (AvgIpc) is 3.79. The summed E-state index contributed by atoms with van der Waals surface area (Å²) in [7, 11) is 1.65. The van der Waals surface area contributed by atoms with Gasteiger partial charge in [-0.15, -0.1) is 0 Å². The number of nitrogens with one attached hydrogen (secondary N) is 1. The Labute approximate surface area is 258 Å². The lowest BCUT2D eigenvalue weighted by molar-refractivity contribution is -0.0949. The van der Waals surface area contributed by atoms with Crippen LogP contribution in [0.15, 0.2) is 125 Å². The zero-order valence-electron chi connectivity index (χ0n) is 23.8. The fraction of sp³-hybridized carbons (Fsp3) is 0.114. The molecule has 1 N–H and O–H groups in total. The van der Waals surface area contributed by atoms with Gasteiger partial charge in [-0.25, -0.2) is 9.69 Å². The van der Waals surface area contributed by atoms with Crippen LogP contribution in [0.2, 0.25) is 0 Å². The number of amides is 1. The molecular weight excluding hydrogens is 570 g/mol. The van der Waals surface area contributed by atoms with E-state index >= 15 is 0 Å². The molecule has 8 rings (SSSR count). The van der Waals surface area contributed by atoms with Crippen LogP contribution < -0.4 is 14.8 Å². The van der Waals surface area contributed by atoms with Gasteiger partial charge in [0, 0.05) is 29.3 Å². The smallest absolute Gasteiger partial charge is 0.314 e. The van der Waals surface area contributed by atoms with Gasteiger partial charge < -0.3 is 9.47 Å². The summed E-state index contributed by atoms with van der Waals surface area (Å²) in [4.78, 5) is 13.9. The molecule has 0 aliphatic carbocycles. The van der Waals surface area contributed by atoms with Crippen LogP contribution in [-0.4, -0.2) is 38.7 Å². The number of carbonyl (C=O) groups excluding carboxylic acids is 1. The number of para-hydroxylation sites is 2. The van der Waals surface area contributed by atoms with Crippen molar-refractivity contribution in [1.82, 2.24) is 20.1 Å². The molecule has 1 fully saturated rings. The molecule has 2 atom stereocenters. The highest BCUT2D eigenvalue weighted by atomic mass is 32.2. The van der Waals surface area contributed by atoms with Crippen LogP contribution in [0.4, 0.5) is 4.79 Å². The largest absolute Gasteiger partial charge is 0.497 e. The maximum atomic E-state index is 13.2. The summed E-state index contributed by atoms with van der Waals surface area (Å²) >= 11 is 1.12. The van der Waals surface area contributed by atoms with Gasteiger partial charge in [-0.2, -0.15) is 10.2 Å². The normalized spacial score (nSPS) is 21.1. The molecule has 3 aliphatic rings. The number of aromatic nitrogens is 2. The molecule has 0 saturated carbocycles. The highest BCUT2D eigenvalue weighted by Gasteiger charge is 2.58. The number of nitrogens with zero attached hydrogens (tertiary/aromatic N) is 4. The molecule has 1 saturated heterocycles. The van der Waals surface area contributed by atoms with Crippen LogP contribution in [0.1, 0.15) is 29.2 Å². The quantitative estimate of drug-likeness (QED) is 0.230. The van der Waals surface area contributed by atoms with Gasteiger partial charge in [0.15, 0.2) is 0 Å². The SMILES string of the molecule is COc1ccc(-c2nn(-c3ccccc3)cc2/C=C2\SC(=O)NC23Oc2ccccc2C2CC(c4ccccc4)=NN23)cc1. The van der Waals surface area contributed by atoms with Crippen molar-refractivity contribution in [3.63, 3.8) is 0 Å². The molecule has 0 radical (unpaired) electrons. The summed E-state index contributed by atoms with van der Waals surface area (Å²) in [6, 6.07) is 35.8. The Morgan fingerprint density at radius 2 is 1.66 bits per heavy atom. The summed E-state index contributed by atoms with van der Waals surface area (Å²) in [5.41, 5.74) is 6.47. The van der Waals surface area contributed by atoms with Crippen LogP contribution in [0, 0.1) is 0 Å². The van der Waals surface area contributed by atoms with Crippen molar-refractivity contribution in [2.75, 3.05) is 7.11 Å². The number of methoxy groups -OCH3 is 1. The molecule has 5 aromatic rings. The van der Waals surface area contributed by atoms with Crippen molar-refractivity contribution < 1.29 is 14.3 Å². The summed E-state index contributed by atoms with van der Waals surface area (Å²) in [5.74, 6) is 0.170. The third-order valence-corrected chi connectivity index (χ3v) is 9.00. The van der Waals surface area contributed by atoms with E-state index in [2.05, 4.69) is 23.5 Å². The minimum absolute atomic E-state index is 0.120. The molecule has 1 spiro atoms. The molecule has 4 aromatic carbocycles. The lowest BCUT2D eigenvalue weighted by Gasteiger charge is -2.45. The molecule has 44 heavy (non-hydrogen) atoms. The van der Waals surface area contributed by atoms with Crippen LogP contribution in [0.5, 0.6) is 11.5 Å². The maximum absolute atomic E-state index is 13.2. The van der Waals surface area contributed by atoms with Crippen molar-refractivity contribution in [3.8, 4) is 28.4 Å². The zero-order chi connectivity index (χ0) is 29.7. The summed E-state index contributed by atoms with van der Waals surface area (Å²) in [6.07, 6.45) is 4.66. The van der Waals surface area contributed by atoms with E-state index < -0.39 is 5.85 Å². The molecule has 216 valence electrons. The number of benzene rings is 4. The molecule has 4 heterocycles. The van der Waals surface area contributed by atoms with Gasteiger partial charge in [0.1, 0.15) is 11.5 Å². The number of hydrogen-bond acceptors (Lipinski definition) is 7. The minimum Gasteiger partial charge on any atom is -0.497 e. The molecule has 1 aromatic heterocycles. The Balaban J connectivity index is 1.29. The monoisotopic (exact) mass is 597 g/mol. The van der Waals surface area contributed by atoms with E-state index in [4.69, 9.17) is 19.7 Å². The second-order valence-corrected chi connectivity index (χ2v) is 11.7. The Kier molecular flexibility index (Phi) is 6.27. The van der Waals surface area contributed by atoms with Gasteiger partial charge in [-0.1, -0.05) is 66.7 Å². The van der Waals surface area contributed by atoms with Gasteiger partial charge >= 0.3 is 5.85 Å². The summed E-state index contributed by atoms with van der Waals surface area (Å²) in [5, 5.41) is 15.0. The first-order valence-corrected chi connectivity index (χ1v) is 15.1. The maximum Gasteiger partial charge on any atom is 0.314 e. The van der Waals surface area contributed by atoms with Crippen LogP contribution >= 0.6 is 11.8 Å². The predicted molar refractivity (Wildman–Crippen MR) is 172 cm³/mol. The second-order valence-electron chi connectivity index (χ2n) is 10.7. The van der Waals surface area contributed by atoms with E-state index in [1.807, 2.05) is 113 Å². The van der Waals surface area contributed by atoms with Crippen molar-refractivity contribution in [1.29, 1.82) is 0 Å². The van der Waals surface area contributed by atoms with E-state index in [1.165, 1.54) is 0 Å². The van der Waals surface area contributed by atoms with E-state index in [-0.39, 0.29) is 11.3 Å². The van der Waals surface area contributed by atoms with E-state index in [1.54, 1.807) is 7.11 Å². The topological polar surface area (TPSA) is 81.0 Å². The number of rotatable bonds is 5. The highest BCUT2D eigenvalue weighted by Crippen LogP contribution is 2.53. The first-order valence-electron chi connectivity index (χ1n) is 14.3. The van der Waals surface area contributed by atoms with Crippen molar-refractivity contribution >= 4 is 28.8 Å². The summed E-state index contributed by atoms with van der Waals surface area (Å²) < 4.78 is 14.0. The Morgan fingerprint density at radius 3 is 2.43 bits per heavy atom. The van der Waals surface area contributed by atoms with E-state index in [0.717, 1.165) is 62.6 Å². The number of hydrazone groups is 1. The number of thioether (sulfide) groups is 1. The average molecular weight is 598 g/mol. The van der Waals surface area contributed by atoms with Gasteiger partial charge in [0.2, 0.25) is 0 Å². The minimum atomic E-state index is -1.32. The van der Waals surface area contributed by atoms with E-state index in [9.17, 15) is 4.79 Å². The first-order chi connectivity index (χ1) is 21.6. The number of hydrogen-bond donors (Lipinski definition) is 1. The standard InChI is InChI=1S/C35H27N5O3S/c1-42-27-18-16-24(17-19-27)33-25(22-39(38-33)26-12-6-3-7-13-26)20-32-35(36-34(41)44-32)40-30(28-14-8-9-15-31(28)43-35)21-29(37-40)23-10-4-2-5-11-23/h2-20,22,30H,21H2,1H3,(H,36,41)/b32-20-. The third-order valence-electron chi connectivity index (χ3n) is 8.10. The third kappa shape index (κ3) is 4.36.